The van der Waals surface area contributed by atoms with E-state index in [0.717, 1.165) is 13.1 Å². The number of nitrogens with one attached hydrogen (secondary N) is 2. The van der Waals surface area contributed by atoms with Gasteiger partial charge in [-0.1, -0.05) is 30.3 Å². The number of carbonyl (C=O) groups is 1. The van der Waals surface area contributed by atoms with Gasteiger partial charge < -0.3 is 10.6 Å². The molecule has 1 aromatic rings. The van der Waals surface area contributed by atoms with E-state index in [0.29, 0.717) is 24.4 Å². The van der Waals surface area contributed by atoms with Crippen molar-refractivity contribution in [2.24, 2.45) is 0 Å². The first-order valence-corrected chi connectivity index (χ1v) is 9.97. The highest BCUT2D eigenvalue weighted by Crippen LogP contribution is 2.43. The fourth-order valence-corrected chi connectivity index (χ4v) is 4.85. The fraction of sp³-hybridized carbons (Fsp3) is 0.667. The van der Waals surface area contributed by atoms with E-state index in [2.05, 4.69) is 45.9 Å². The summed E-state index contributed by atoms with van der Waals surface area (Å²) in [5.74, 6) is 0.911. The standard InChI is InChI=1S/C21H31N3O/c1-22-20(25)15-21(10-5-11-21)24-12-8-17(9-13-24)23-19-14-18(19)16-6-3-2-4-7-16/h2-4,6-7,17-19,23H,5,8-15H2,1H3,(H,22,25)/t18-,19+/m0/s1. The van der Waals surface area contributed by atoms with Crippen LogP contribution in [0.3, 0.4) is 0 Å². The van der Waals surface area contributed by atoms with Gasteiger partial charge in [0.25, 0.3) is 0 Å². The van der Waals surface area contributed by atoms with Crippen LogP contribution < -0.4 is 10.6 Å². The molecule has 25 heavy (non-hydrogen) atoms. The molecule has 0 spiro atoms. The Hall–Kier alpha value is -1.39. The van der Waals surface area contributed by atoms with Gasteiger partial charge in [-0.2, -0.15) is 0 Å². The predicted octanol–water partition coefficient (Wildman–Crippen LogP) is 2.66. The average molecular weight is 341 g/mol. The molecule has 3 aliphatic rings. The van der Waals surface area contributed by atoms with Gasteiger partial charge in [-0.05, 0) is 44.1 Å². The summed E-state index contributed by atoms with van der Waals surface area (Å²) in [6.07, 6.45) is 8.05. The molecule has 1 aliphatic heterocycles. The van der Waals surface area contributed by atoms with Crippen LogP contribution in [0.4, 0.5) is 0 Å². The van der Waals surface area contributed by atoms with Gasteiger partial charge in [-0.25, -0.2) is 0 Å². The van der Waals surface area contributed by atoms with Crippen LogP contribution in [0.2, 0.25) is 0 Å². The average Bonchev–Trinajstić information content (AvgIpc) is 3.39. The van der Waals surface area contributed by atoms with Crippen molar-refractivity contribution in [2.75, 3.05) is 20.1 Å². The molecule has 1 aromatic carbocycles. The van der Waals surface area contributed by atoms with Gasteiger partial charge >= 0.3 is 0 Å². The maximum atomic E-state index is 11.9. The van der Waals surface area contributed by atoms with Gasteiger partial charge in [0.15, 0.2) is 0 Å². The minimum atomic E-state index is 0.164. The van der Waals surface area contributed by atoms with Gasteiger partial charge in [0.1, 0.15) is 0 Å². The number of rotatable bonds is 6. The number of nitrogens with zero attached hydrogens (tertiary/aromatic N) is 1. The first-order chi connectivity index (χ1) is 12.2. The zero-order valence-electron chi connectivity index (χ0n) is 15.3. The van der Waals surface area contributed by atoms with Gasteiger partial charge in [-0.3, -0.25) is 9.69 Å². The lowest BCUT2D eigenvalue weighted by molar-refractivity contribution is -0.126. The van der Waals surface area contributed by atoms with Crippen molar-refractivity contribution in [1.29, 1.82) is 0 Å². The van der Waals surface area contributed by atoms with Gasteiger partial charge in [0.05, 0.1) is 0 Å². The number of carbonyl (C=O) groups excluding carboxylic acids is 1. The summed E-state index contributed by atoms with van der Waals surface area (Å²) in [6, 6.07) is 12.2. The molecule has 2 N–H and O–H groups in total. The third kappa shape index (κ3) is 3.61. The van der Waals surface area contributed by atoms with Crippen molar-refractivity contribution in [1.82, 2.24) is 15.5 Å². The lowest BCUT2D eigenvalue weighted by Gasteiger charge is -2.52. The highest BCUT2D eigenvalue weighted by atomic mass is 16.1. The number of hydrogen-bond donors (Lipinski definition) is 2. The second kappa shape index (κ2) is 7.08. The van der Waals surface area contributed by atoms with Crippen LogP contribution in [-0.2, 0) is 4.79 Å². The van der Waals surface area contributed by atoms with Crippen molar-refractivity contribution in [3.8, 4) is 0 Å². The molecule has 136 valence electrons. The number of likely N-dealkylation sites (tertiary alicyclic amines) is 1. The van der Waals surface area contributed by atoms with Crippen LogP contribution in [0.5, 0.6) is 0 Å². The minimum Gasteiger partial charge on any atom is -0.359 e. The molecule has 2 saturated carbocycles. The first-order valence-electron chi connectivity index (χ1n) is 9.97. The monoisotopic (exact) mass is 341 g/mol. The lowest BCUT2D eigenvalue weighted by Crippen LogP contribution is -2.59. The van der Waals surface area contributed by atoms with E-state index >= 15 is 0 Å². The van der Waals surface area contributed by atoms with Crippen molar-refractivity contribution < 1.29 is 4.79 Å². The lowest BCUT2D eigenvalue weighted by atomic mass is 9.72. The second-order valence-corrected chi connectivity index (χ2v) is 8.22. The molecule has 1 amide bonds. The maximum absolute atomic E-state index is 11.9. The molecular formula is C21H31N3O. The summed E-state index contributed by atoms with van der Waals surface area (Å²) in [6.45, 7) is 2.27. The Morgan fingerprint density at radius 2 is 1.92 bits per heavy atom. The summed E-state index contributed by atoms with van der Waals surface area (Å²) in [5.41, 5.74) is 1.65. The first kappa shape index (κ1) is 17.0. The van der Waals surface area contributed by atoms with E-state index in [9.17, 15) is 4.79 Å². The van der Waals surface area contributed by atoms with Crippen LogP contribution in [-0.4, -0.2) is 48.6 Å². The molecule has 2 atom stereocenters. The normalized spacial score (nSPS) is 29.0. The quantitative estimate of drug-likeness (QED) is 0.836. The summed E-state index contributed by atoms with van der Waals surface area (Å²) in [7, 11) is 1.75. The molecule has 0 radical (unpaired) electrons. The van der Waals surface area contributed by atoms with Crippen molar-refractivity contribution in [2.45, 2.75) is 68.5 Å². The smallest absolute Gasteiger partial charge is 0.221 e. The van der Waals surface area contributed by atoms with Crippen LogP contribution >= 0.6 is 0 Å². The Bertz CT molecular complexity index is 590. The largest absolute Gasteiger partial charge is 0.359 e. The second-order valence-electron chi connectivity index (χ2n) is 8.22. The van der Waals surface area contributed by atoms with Crippen LogP contribution in [0, 0.1) is 0 Å². The van der Waals surface area contributed by atoms with Crippen LogP contribution in [0.25, 0.3) is 0 Å². The molecule has 0 aromatic heterocycles. The minimum absolute atomic E-state index is 0.164. The van der Waals surface area contributed by atoms with E-state index in [1.165, 1.54) is 44.1 Å². The van der Waals surface area contributed by atoms with Crippen molar-refractivity contribution in [3.63, 3.8) is 0 Å². The fourth-order valence-electron chi connectivity index (χ4n) is 4.85. The third-order valence-electron chi connectivity index (χ3n) is 6.69. The summed E-state index contributed by atoms with van der Waals surface area (Å²) >= 11 is 0. The SMILES string of the molecule is CNC(=O)CC1(N2CCC(N[C@@H]3C[C@H]3c3ccccc3)CC2)CCC1. The Labute approximate surface area is 151 Å². The zero-order chi connectivity index (χ0) is 17.3. The van der Waals surface area contributed by atoms with Crippen molar-refractivity contribution in [3.05, 3.63) is 35.9 Å². The van der Waals surface area contributed by atoms with Crippen LogP contribution in [0.1, 0.15) is 56.4 Å². The van der Waals surface area contributed by atoms with Gasteiger partial charge in [-0.15, -0.1) is 0 Å². The third-order valence-corrected chi connectivity index (χ3v) is 6.69. The molecule has 4 nitrogen and oxygen atoms in total. The highest BCUT2D eigenvalue weighted by molar-refractivity contribution is 5.77. The number of amides is 1. The maximum Gasteiger partial charge on any atom is 0.221 e. The zero-order valence-corrected chi connectivity index (χ0v) is 15.3. The van der Waals surface area contributed by atoms with E-state index in [1.807, 2.05) is 0 Å². The Morgan fingerprint density at radius 1 is 1.20 bits per heavy atom. The summed E-state index contributed by atoms with van der Waals surface area (Å²) in [5, 5.41) is 6.71. The van der Waals surface area contributed by atoms with Gasteiger partial charge in [0, 0.05) is 50.1 Å². The molecule has 1 heterocycles. The van der Waals surface area contributed by atoms with Gasteiger partial charge in [0.2, 0.25) is 5.91 Å². The van der Waals surface area contributed by atoms with E-state index in [4.69, 9.17) is 0 Å². The Kier molecular flexibility index (Phi) is 4.83. The Balaban J connectivity index is 1.26. The molecule has 1 saturated heterocycles. The molecule has 0 bridgehead atoms. The Morgan fingerprint density at radius 3 is 2.52 bits per heavy atom. The van der Waals surface area contributed by atoms with E-state index in [1.54, 1.807) is 7.05 Å². The molecule has 0 unspecified atom stereocenters. The molecule has 2 aliphatic carbocycles. The van der Waals surface area contributed by atoms with E-state index in [-0.39, 0.29) is 11.4 Å². The van der Waals surface area contributed by atoms with Crippen LogP contribution in [0.15, 0.2) is 30.3 Å². The number of benzene rings is 1. The number of hydrogen-bond acceptors (Lipinski definition) is 3. The molecular weight excluding hydrogens is 310 g/mol. The highest BCUT2D eigenvalue weighted by Gasteiger charge is 2.45. The summed E-state index contributed by atoms with van der Waals surface area (Å²) < 4.78 is 0. The molecule has 3 fully saturated rings. The summed E-state index contributed by atoms with van der Waals surface area (Å²) in [4.78, 5) is 14.5. The predicted molar refractivity (Wildman–Crippen MR) is 101 cm³/mol. The molecule has 4 heteroatoms. The topological polar surface area (TPSA) is 44.4 Å². The number of piperidine rings is 1. The van der Waals surface area contributed by atoms with Crippen molar-refractivity contribution >= 4 is 5.91 Å². The van der Waals surface area contributed by atoms with E-state index < -0.39 is 0 Å². The molecule has 4 rings (SSSR count).